The second kappa shape index (κ2) is 6.31. The van der Waals surface area contributed by atoms with Crippen molar-refractivity contribution in [3.8, 4) is 0 Å². The standard InChI is InChI=1S/C13H24N4O/c1-3-12(11-18)17-8-6-16(7-9-17)10-13-4-5-14-15(13)2/h4-5,12,18H,3,6-11H2,1-2H3. The lowest BCUT2D eigenvalue weighted by Gasteiger charge is -2.38. The van der Waals surface area contributed by atoms with E-state index in [1.807, 2.05) is 17.9 Å². The first-order chi connectivity index (χ1) is 8.74. The van der Waals surface area contributed by atoms with Crippen LogP contribution in [0.2, 0.25) is 0 Å². The van der Waals surface area contributed by atoms with Gasteiger partial charge in [-0.2, -0.15) is 5.10 Å². The first kappa shape index (κ1) is 13.5. The molecule has 1 N–H and O–H groups in total. The van der Waals surface area contributed by atoms with Crippen molar-refractivity contribution in [1.82, 2.24) is 19.6 Å². The largest absolute Gasteiger partial charge is 0.395 e. The molecule has 5 heteroatoms. The predicted octanol–water partition coefficient (Wildman–Crippen LogP) is 0.309. The van der Waals surface area contributed by atoms with Gasteiger partial charge in [0.05, 0.1) is 12.3 Å². The highest BCUT2D eigenvalue weighted by Gasteiger charge is 2.22. The van der Waals surface area contributed by atoms with E-state index in [-0.39, 0.29) is 6.61 Å². The predicted molar refractivity (Wildman–Crippen MR) is 71.2 cm³/mol. The Kier molecular flexibility index (Phi) is 4.74. The first-order valence-corrected chi connectivity index (χ1v) is 6.78. The SMILES string of the molecule is CCC(CO)N1CCN(Cc2ccnn2C)CC1. The number of nitrogens with zero attached hydrogens (tertiary/aromatic N) is 4. The van der Waals surface area contributed by atoms with Gasteiger partial charge in [0.25, 0.3) is 0 Å². The van der Waals surface area contributed by atoms with Gasteiger partial charge in [0.15, 0.2) is 0 Å². The molecule has 0 aliphatic carbocycles. The summed E-state index contributed by atoms with van der Waals surface area (Å²) in [5, 5.41) is 13.5. The Bertz CT molecular complexity index is 354. The van der Waals surface area contributed by atoms with Crippen LogP contribution in [-0.2, 0) is 13.6 Å². The molecule has 1 aromatic rings. The van der Waals surface area contributed by atoms with Crippen LogP contribution in [0.4, 0.5) is 0 Å². The normalized spacial score (nSPS) is 20.2. The van der Waals surface area contributed by atoms with E-state index in [9.17, 15) is 5.11 Å². The fourth-order valence-electron chi connectivity index (χ4n) is 2.57. The Morgan fingerprint density at radius 1 is 1.33 bits per heavy atom. The lowest BCUT2D eigenvalue weighted by Crippen LogP contribution is -2.50. The Morgan fingerprint density at radius 3 is 2.56 bits per heavy atom. The number of aromatic nitrogens is 2. The van der Waals surface area contributed by atoms with E-state index in [1.54, 1.807) is 0 Å². The summed E-state index contributed by atoms with van der Waals surface area (Å²) in [5.74, 6) is 0. The minimum atomic E-state index is 0.276. The van der Waals surface area contributed by atoms with Crippen molar-refractivity contribution < 1.29 is 5.11 Å². The number of hydrogen-bond acceptors (Lipinski definition) is 4. The van der Waals surface area contributed by atoms with Crippen molar-refractivity contribution in [2.24, 2.45) is 7.05 Å². The molecule has 0 bridgehead atoms. The highest BCUT2D eigenvalue weighted by Crippen LogP contribution is 2.11. The van der Waals surface area contributed by atoms with E-state index in [0.717, 1.165) is 39.1 Å². The maximum atomic E-state index is 9.32. The monoisotopic (exact) mass is 252 g/mol. The number of aliphatic hydroxyl groups is 1. The van der Waals surface area contributed by atoms with E-state index in [0.29, 0.717) is 6.04 Å². The van der Waals surface area contributed by atoms with E-state index >= 15 is 0 Å². The molecule has 102 valence electrons. The van der Waals surface area contributed by atoms with Gasteiger partial charge in [0.2, 0.25) is 0 Å². The van der Waals surface area contributed by atoms with Gasteiger partial charge in [-0.15, -0.1) is 0 Å². The molecule has 18 heavy (non-hydrogen) atoms. The fraction of sp³-hybridized carbons (Fsp3) is 0.769. The fourth-order valence-corrected chi connectivity index (χ4v) is 2.57. The molecule has 0 radical (unpaired) electrons. The molecule has 1 saturated heterocycles. The Balaban J connectivity index is 1.82. The van der Waals surface area contributed by atoms with Crippen LogP contribution in [0.5, 0.6) is 0 Å². The molecule has 1 aliphatic rings. The number of rotatable bonds is 5. The van der Waals surface area contributed by atoms with Gasteiger partial charge in [-0.3, -0.25) is 14.5 Å². The Hall–Kier alpha value is -0.910. The molecular weight excluding hydrogens is 228 g/mol. The maximum Gasteiger partial charge on any atom is 0.0586 e. The molecule has 1 unspecified atom stereocenters. The third kappa shape index (κ3) is 3.10. The van der Waals surface area contributed by atoms with Gasteiger partial charge in [-0.05, 0) is 12.5 Å². The summed E-state index contributed by atoms with van der Waals surface area (Å²) in [7, 11) is 1.99. The molecule has 1 fully saturated rings. The summed E-state index contributed by atoms with van der Waals surface area (Å²) >= 11 is 0. The van der Waals surface area contributed by atoms with Gasteiger partial charge < -0.3 is 5.11 Å². The van der Waals surface area contributed by atoms with E-state index < -0.39 is 0 Å². The quantitative estimate of drug-likeness (QED) is 0.819. The summed E-state index contributed by atoms with van der Waals surface area (Å²) in [6.07, 6.45) is 2.88. The van der Waals surface area contributed by atoms with Crippen molar-refractivity contribution >= 4 is 0 Å². The summed E-state index contributed by atoms with van der Waals surface area (Å²) in [5.41, 5.74) is 1.26. The number of aryl methyl sites for hydroxylation is 1. The van der Waals surface area contributed by atoms with Gasteiger partial charge in [-0.25, -0.2) is 0 Å². The van der Waals surface area contributed by atoms with E-state index in [4.69, 9.17) is 0 Å². The van der Waals surface area contributed by atoms with Crippen LogP contribution >= 0.6 is 0 Å². The van der Waals surface area contributed by atoms with Crippen LogP contribution in [-0.4, -0.2) is 63.5 Å². The summed E-state index contributed by atoms with van der Waals surface area (Å²) < 4.78 is 1.94. The second-order valence-corrected chi connectivity index (χ2v) is 5.00. The number of piperazine rings is 1. The first-order valence-electron chi connectivity index (χ1n) is 6.78. The maximum absolute atomic E-state index is 9.32. The zero-order valence-corrected chi connectivity index (χ0v) is 11.4. The van der Waals surface area contributed by atoms with Crippen molar-refractivity contribution in [2.45, 2.75) is 25.9 Å². The zero-order chi connectivity index (χ0) is 13.0. The van der Waals surface area contributed by atoms with Gasteiger partial charge >= 0.3 is 0 Å². The summed E-state index contributed by atoms with van der Waals surface area (Å²) in [6, 6.07) is 2.42. The minimum absolute atomic E-state index is 0.276. The van der Waals surface area contributed by atoms with Crippen LogP contribution in [0.1, 0.15) is 19.0 Å². The molecule has 1 atom stereocenters. The van der Waals surface area contributed by atoms with Crippen LogP contribution < -0.4 is 0 Å². The second-order valence-electron chi connectivity index (χ2n) is 5.00. The van der Waals surface area contributed by atoms with Crippen molar-refractivity contribution in [2.75, 3.05) is 32.8 Å². The molecule has 2 rings (SSSR count). The lowest BCUT2D eigenvalue weighted by atomic mass is 10.1. The molecule has 1 aliphatic heterocycles. The summed E-state index contributed by atoms with van der Waals surface area (Å²) in [6.45, 7) is 7.64. The van der Waals surface area contributed by atoms with Crippen molar-refractivity contribution in [3.05, 3.63) is 18.0 Å². The molecule has 5 nitrogen and oxygen atoms in total. The average Bonchev–Trinajstić information content (AvgIpc) is 2.79. The highest BCUT2D eigenvalue weighted by molar-refractivity contribution is 5.00. The molecular formula is C13H24N4O. The molecule has 0 aromatic carbocycles. The topological polar surface area (TPSA) is 44.5 Å². The minimum Gasteiger partial charge on any atom is -0.395 e. The van der Waals surface area contributed by atoms with Crippen LogP contribution in [0.3, 0.4) is 0 Å². The zero-order valence-electron chi connectivity index (χ0n) is 11.4. The van der Waals surface area contributed by atoms with Gasteiger partial charge in [0.1, 0.15) is 0 Å². The van der Waals surface area contributed by atoms with Crippen molar-refractivity contribution in [1.29, 1.82) is 0 Å². The van der Waals surface area contributed by atoms with Crippen LogP contribution in [0.25, 0.3) is 0 Å². The Labute approximate surface area is 109 Å². The molecule has 0 amide bonds. The smallest absolute Gasteiger partial charge is 0.0586 e. The third-order valence-corrected chi connectivity index (χ3v) is 3.91. The highest BCUT2D eigenvalue weighted by atomic mass is 16.3. The average molecular weight is 252 g/mol. The van der Waals surface area contributed by atoms with E-state index in [2.05, 4.69) is 27.9 Å². The Morgan fingerprint density at radius 2 is 2.06 bits per heavy atom. The van der Waals surface area contributed by atoms with E-state index in [1.165, 1.54) is 5.69 Å². The van der Waals surface area contributed by atoms with Gasteiger partial charge in [0, 0.05) is 52.0 Å². The van der Waals surface area contributed by atoms with Crippen molar-refractivity contribution in [3.63, 3.8) is 0 Å². The molecule has 0 saturated carbocycles. The summed E-state index contributed by atoms with van der Waals surface area (Å²) in [4.78, 5) is 4.86. The van der Waals surface area contributed by atoms with Crippen LogP contribution in [0, 0.1) is 0 Å². The van der Waals surface area contributed by atoms with Crippen LogP contribution in [0.15, 0.2) is 12.3 Å². The molecule has 1 aromatic heterocycles. The number of aliphatic hydroxyl groups excluding tert-OH is 1. The van der Waals surface area contributed by atoms with Gasteiger partial charge in [-0.1, -0.05) is 6.92 Å². The molecule has 0 spiro atoms. The third-order valence-electron chi connectivity index (χ3n) is 3.91. The molecule has 2 heterocycles. The lowest BCUT2D eigenvalue weighted by molar-refractivity contribution is 0.0599. The number of hydrogen-bond donors (Lipinski definition) is 1.